The van der Waals surface area contributed by atoms with Crippen molar-refractivity contribution >= 4 is 11.0 Å². The SMILES string of the molecule is COc1ccc(-c2oc3c(O)c(O)c(OC)c(O)c3c(=O)c2OC)cc1. The molecular weight excluding hydrogens is 344 g/mol. The monoisotopic (exact) mass is 360 g/mol. The first-order valence-electron chi connectivity index (χ1n) is 7.44. The molecule has 8 nitrogen and oxygen atoms in total. The largest absolute Gasteiger partial charge is 0.504 e. The molecule has 3 N–H and O–H groups in total. The van der Waals surface area contributed by atoms with Crippen LogP contribution in [0, 0.1) is 0 Å². The van der Waals surface area contributed by atoms with E-state index < -0.39 is 34.0 Å². The number of hydrogen-bond acceptors (Lipinski definition) is 8. The molecule has 1 aromatic heterocycles. The molecule has 0 saturated carbocycles. The lowest BCUT2D eigenvalue weighted by Crippen LogP contribution is -2.08. The zero-order chi connectivity index (χ0) is 19.0. The first kappa shape index (κ1) is 17.3. The van der Waals surface area contributed by atoms with Crippen LogP contribution in [-0.4, -0.2) is 36.6 Å². The molecule has 0 bridgehead atoms. The minimum Gasteiger partial charge on any atom is -0.504 e. The fraction of sp³-hybridized carbons (Fsp3) is 0.167. The average molecular weight is 360 g/mol. The predicted molar refractivity (Wildman–Crippen MR) is 92.6 cm³/mol. The third kappa shape index (κ3) is 2.43. The smallest absolute Gasteiger partial charge is 0.239 e. The summed E-state index contributed by atoms with van der Waals surface area (Å²) in [6.45, 7) is 0. The van der Waals surface area contributed by atoms with Gasteiger partial charge in [0.2, 0.25) is 28.4 Å². The molecule has 8 heteroatoms. The van der Waals surface area contributed by atoms with E-state index >= 15 is 0 Å². The number of hydrogen-bond donors (Lipinski definition) is 3. The summed E-state index contributed by atoms with van der Waals surface area (Å²) in [5.74, 6) is -2.14. The van der Waals surface area contributed by atoms with Crippen molar-refractivity contribution in [2.24, 2.45) is 0 Å². The molecule has 26 heavy (non-hydrogen) atoms. The number of phenols is 3. The van der Waals surface area contributed by atoms with Crippen LogP contribution in [0.5, 0.6) is 34.5 Å². The molecule has 136 valence electrons. The Balaban J connectivity index is 2.42. The molecule has 1 heterocycles. The van der Waals surface area contributed by atoms with Crippen LogP contribution in [0.3, 0.4) is 0 Å². The highest BCUT2D eigenvalue weighted by Crippen LogP contribution is 2.49. The minimum atomic E-state index is -0.744. The topological polar surface area (TPSA) is 119 Å². The lowest BCUT2D eigenvalue weighted by atomic mass is 10.1. The molecule has 0 unspecified atom stereocenters. The van der Waals surface area contributed by atoms with Gasteiger partial charge in [0, 0.05) is 5.56 Å². The zero-order valence-corrected chi connectivity index (χ0v) is 14.2. The van der Waals surface area contributed by atoms with Crippen LogP contribution in [-0.2, 0) is 0 Å². The van der Waals surface area contributed by atoms with Crippen molar-refractivity contribution in [2.75, 3.05) is 21.3 Å². The van der Waals surface area contributed by atoms with Crippen molar-refractivity contribution in [3.05, 3.63) is 34.5 Å². The fourth-order valence-corrected chi connectivity index (χ4v) is 2.65. The van der Waals surface area contributed by atoms with Crippen molar-refractivity contribution in [1.82, 2.24) is 0 Å². The molecule has 0 fully saturated rings. The Morgan fingerprint density at radius 3 is 1.96 bits per heavy atom. The fourth-order valence-electron chi connectivity index (χ4n) is 2.65. The van der Waals surface area contributed by atoms with E-state index in [1.165, 1.54) is 21.3 Å². The highest BCUT2D eigenvalue weighted by atomic mass is 16.5. The maximum atomic E-state index is 12.8. The number of rotatable bonds is 4. The number of fused-ring (bicyclic) bond motifs is 1. The molecule has 0 aliphatic rings. The highest BCUT2D eigenvalue weighted by Gasteiger charge is 2.27. The van der Waals surface area contributed by atoms with E-state index in [1.807, 2.05) is 0 Å². The summed E-state index contributed by atoms with van der Waals surface area (Å²) < 4.78 is 20.7. The van der Waals surface area contributed by atoms with Gasteiger partial charge in [0.25, 0.3) is 0 Å². The van der Waals surface area contributed by atoms with Gasteiger partial charge >= 0.3 is 0 Å². The quantitative estimate of drug-likeness (QED) is 0.480. The summed E-state index contributed by atoms with van der Waals surface area (Å²) in [5.41, 5.74) is -0.654. The molecule has 0 radical (unpaired) electrons. The molecule has 0 spiro atoms. The van der Waals surface area contributed by atoms with Crippen LogP contribution in [0.4, 0.5) is 0 Å². The highest BCUT2D eigenvalue weighted by molar-refractivity contribution is 5.96. The van der Waals surface area contributed by atoms with Gasteiger partial charge in [-0.1, -0.05) is 0 Å². The number of methoxy groups -OCH3 is 3. The van der Waals surface area contributed by atoms with Crippen LogP contribution in [0.15, 0.2) is 33.5 Å². The van der Waals surface area contributed by atoms with Crippen molar-refractivity contribution in [3.63, 3.8) is 0 Å². The van der Waals surface area contributed by atoms with E-state index in [2.05, 4.69) is 0 Å². The van der Waals surface area contributed by atoms with E-state index in [1.54, 1.807) is 24.3 Å². The first-order chi connectivity index (χ1) is 12.4. The van der Waals surface area contributed by atoms with Gasteiger partial charge in [-0.05, 0) is 24.3 Å². The Morgan fingerprint density at radius 1 is 0.808 bits per heavy atom. The van der Waals surface area contributed by atoms with Crippen LogP contribution in [0.1, 0.15) is 0 Å². The van der Waals surface area contributed by atoms with Crippen LogP contribution < -0.4 is 19.6 Å². The second-order valence-electron chi connectivity index (χ2n) is 5.31. The number of benzene rings is 2. The second kappa shape index (κ2) is 6.40. The van der Waals surface area contributed by atoms with E-state index in [0.29, 0.717) is 11.3 Å². The van der Waals surface area contributed by atoms with Crippen molar-refractivity contribution in [1.29, 1.82) is 0 Å². The molecule has 0 aliphatic carbocycles. The molecule has 2 aromatic carbocycles. The molecule has 0 amide bonds. The summed E-state index contributed by atoms with van der Waals surface area (Å²) in [6, 6.07) is 6.57. The molecule has 3 rings (SSSR count). The number of aromatic hydroxyl groups is 3. The van der Waals surface area contributed by atoms with Crippen molar-refractivity contribution in [2.45, 2.75) is 0 Å². The van der Waals surface area contributed by atoms with E-state index in [4.69, 9.17) is 18.6 Å². The molecule has 0 atom stereocenters. The van der Waals surface area contributed by atoms with Gasteiger partial charge in [0.1, 0.15) is 11.1 Å². The van der Waals surface area contributed by atoms with Gasteiger partial charge in [0.15, 0.2) is 17.1 Å². The van der Waals surface area contributed by atoms with Gasteiger partial charge in [-0.3, -0.25) is 4.79 Å². The molecular formula is C18H16O8. The Morgan fingerprint density at radius 2 is 1.42 bits per heavy atom. The maximum absolute atomic E-state index is 12.8. The third-order valence-electron chi connectivity index (χ3n) is 3.94. The third-order valence-corrected chi connectivity index (χ3v) is 3.94. The van der Waals surface area contributed by atoms with E-state index in [-0.39, 0.29) is 16.9 Å². The summed E-state index contributed by atoms with van der Waals surface area (Å²) in [4.78, 5) is 12.8. The maximum Gasteiger partial charge on any atom is 0.239 e. The van der Waals surface area contributed by atoms with Crippen LogP contribution in [0.25, 0.3) is 22.3 Å². The zero-order valence-electron chi connectivity index (χ0n) is 14.2. The lowest BCUT2D eigenvalue weighted by Gasteiger charge is -2.14. The predicted octanol–water partition coefficient (Wildman–Crippen LogP) is 2.60. The van der Waals surface area contributed by atoms with Crippen molar-refractivity contribution in [3.8, 4) is 45.8 Å². The van der Waals surface area contributed by atoms with Crippen LogP contribution >= 0.6 is 0 Å². The summed E-state index contributed by atoms with van der Waals surface area (Å²) in [6.07, 6.45) is 0. The summed E-state index contributed by atoms with van der Waals surface area (Å²) in [7, 11) is 3.97. The molecule has 0 aliphatic heterocycles. The average Bonchev–Trinajstić information content (AvgIpc) is 2.66. The minimum absolute atomic E-state index is 0.0203. The standard InChI is InChI=1S/C18H16O8/c1-23-9-6-4-8(5-7-9)15-18(25-3)12(20)10-11(19)17(24-2)14(22)13(21)16(10)26-15/h4-7,19,21-22H,1-3H3. The van der Waals surface area contributed by atoms with E-state index in [9.17, 15) is 20.1 Å². The normalized spacial score (nSPS) is 10.7. The van der Waals surface area contributed by atoms with E-state index in [0.717, 1.165) is 0 Å². The number of ether oxygens (including phenoxy) is 3. The van der Waals surface area contributed by atoms with Crippen LogP contribution in [0.2, 0.25) is 0 Å². The van der Waals surface area contributed by atoms with Gasteiger partial charge in [-0.15, -0.1) is 0 Å². The Labute approximate surface area is 147 Å². The summed E-state index contributed by atoms with van der Waals surface area (Å²) in [5, 5.41) is 30.1. The first-order valence-corrected chi connectivity index (χ1v) is 7.44. The Bertz CT molecular complexity index is 1030. The second-order valence-corrected chi connectivity index (χ2v) is 5.31. The molecule has 0 saturated heterocycles. The lowest BCUT2D eigenvalue weighted by molar-refractivity contribution is 0.329. The van der Waals surface area contributed by atoms with Gasteiger partial charge in [0.05, 0.1) is 21.3 Å². The van der Waals surface area contributed by atoms with Gasteiger partial charge in [-0.2, -0.15) is 0 Å². The molecule has 3 aromatic rings. The number of phenolic OH excluding ortho intramolecular Hbond substituents is 3. The Hall–Kier alpha value is -3.55. The van der Waals surface area contributed by atoms with Gasteiger partial charge < -0.3 is 33.9 Å². The Kier molecular flexibility index (Phi) is 4.25. The van der Waals surface area contributed by atoms with Crippen molar-refractivity contribution < 1.29 is 33.9 Å². The van der Waals surface area contributed by atoms with Gasteiger partial charge in [-0.25, -0.2) is 0 Å². The summed E-state index contributed by atoms with van der Waals surface area (Å²) >= 11 is 0.